The van der Waals surface area contributed by atoms with Crippen LogP contribution in [0.5, 0.6) is 17.4 Å². The van der Waals surface area contributed by atoms with Gasteiger partial charge in [0.05, 0.1) is 12.8 Å². The van der Waals surface area contributed by atoms with Crippen LogP contribution in [0.1, 0.15) is 55.6 Å². The first-order valence-corrected chi connectivity index (χ1v) is 14.6. The highest BCUT2D eigenvalue weighted by atomic mass is 32.2. The zero-order valence-electron chi connectivity index (χ0n) is 22.9. The van der Waals surface area contributed by atoms with E-state index in [1.807, 2.05) is 13.8 Å². The highest BCUT2D eigenvalue weighted by Crippen LogP contribution is 2.36. The van der Waals surface area contributed by atoms with Gasteiger partial charge in [0.1, 0.15) is 16.4 Å². The number of hydrogen-bond donors (Lipinski definition) is 3. The molecule has 3 N–H and O–H groups in total. The molecule has 1 aliphatic rings. The van der Waals surface area contributed by atoms with Gasteiger partial charge in [0.2, 0.25) is 21.8 Å². The summed E-state index contributed by atoms with van der Waals surface area (Å²) in [5.41, 5.74) is 0.768. The number of carboxylic acids is 1. The van der Waals surface area contributed by atoms with E-state index >= 15 is 0 Å². The number of aromatic carboxylic acids is 1. The number of anilines is 1. The van der Waals surface area contributed by atoms with Gasteiger partial charge < -0.3 is 19.9 Å². The van der Waals surface area contributed by atoms with Crippen molar-refractivity contribution in [2.75, 3.05) is 19.0 Å². The van der Waals surface area contributed by atoms with Crippen LogP contribution in [0.4, 0.5) is 5.69 Å². The second-order valence-corrected chi connectivity index (χ2v) is 11.9. The quantitative estimate of drug-likeness (QED) is 0.299. The number of carboxylic acid groups (broad SMARTS) is 1. The van der Waals surface area contributed by atoms with Crippen molar-refractivity contribution in [3.05, 3.63) is 53.7 Å². The number of methoxy groups -OCH3 is 1. The van der Waals surface area contributed by atoms with E-state index in [0.717, 1.165) is 25.7 Å². The molecule has 1 heterocycles. The number of benzene rings is 2. The van der Waals surface area contributed by atoms with Crippen LogP contribution in [0, 0.1) is 18.8 Å². The molecule has 40 heavy (non-hydrogen) atoms. The molecule has 3 aromatic rings. The van der Waals surface area contributed by atoms with Crippen molar-refractivity contribution < 1.29 is 32.6 Å². The summed E-state index contributed by atoms with van der Waals surface area (Å²) in [5.74, 6) is -0.897. The van der Waals surface area contributed by atoms with Crippen LogP contribution in [-0.2, 0) is 14.8 Å². The van der Waals surface area contributed by atoms with Gasteiger partial charge in [-0.2, -0.15) is 9.78 Å². The lowest BCUT2D eigenvalue weighted by atomic mass is 10.1. The van der Waals surface area contributed by atoms with Crippen molar-refractivity contribution in [1.29, 1.82) is 0 Å². The summed E-state index contributed by atoms with van der Waals surface area (Å²) in [5, 5.41) is 16.8. The molecule has 1 aliphatic carbocycles. The number of carbonyl (C=O) groups is 2. The molecule has 0 unspecified atom stereocenters. The minimum atomic E-state index is -4.08. The third-order valence-electron chi connectivity index (χ3n) is 6.70. The molecule has 1 aromatic heterocycles. The lowest BCUT2D eigenvalue weighted by Crippen LogP contribution is -2.28. The van der Waals surface area contributed by atoms with Crippen LogP contribution < -0.4 is 19.5 Å². The van der Waals surface area contributed by atoms with Crippen molar-refractivity contribution in [3.8, 4) is 23.1 Å². The molecule has 1 saturated carbocycles. The SMILES string of the molecule is COc1ccc(-n2nc(C(=O)O)c(C)c2Oc2ccc(NC(=O)C3CCCC3)cc2S(=O)(=O)NCC(C)C)cc1. The fourth-order valence-electron chi connectivity index (χ4n) is 4.47. The summed E-state index contributed by atoms with van der Waals surface area (Å²) in [6, 6.07) is 11.1. The molecule has 11 nitrogen and oxygen atoms in total. The van der Waals surface area contributed by atoms with Gasteiger partial charge in [-0.05, 0) is 68.1 Å². The van der Waals surface area contributed by atoms with Crippen LogP contribution in [0.2, 0.25) is 0 Å². The second kappa shape index (κ2) is 12.1. The molecule has 4 rings (SSSR count). The number of ether oxygens (including phenoxy) is 2. The normalized spacial score (nSPS) is 13.9. The van der Waals surface area contributed by atoms with Gasteiger partial charge in [0, 0.05) is 23.7 Å². The van der Waals surface area contributed by atoms with Gasteiger partial charge in [0.15, 0.2) is 5.69 Å². The van der Waals surface area contributed by atoms with E-state index in [-0.39, 0.29) is 52.1 Å². The largest absolute Gasteiger partial charge is 0.497 e. The molecule has 0 radical (unpaired) electrons. The lowest BCUT2D eigenvalue weighted by molar-refractivity contribution is -0.119. The van der Waals surface area contributed by atoms with E-state index in [9.17, 15) is 23.1 Å². The van der Waals surface area contributed by atoms with Crippen molar-refractivity contribution in [1.82, 2.24) is 14.5 Å². The third-order valence-corrected chi connectivity index (χ3v) is 8.15. The van der Waals surface area contributed by atoms with Crippen molar-refractivity contribution >= 4 is 27.6 Å². The smallest absolute Gasteiger partial charge is 0.356 e. The Bertz CT molecular complexity index is 1490. The van der Waals surface area contributed by atoms with E-state index in [1.54, 1.807) is 30.3 Å². The van der Waals surface area contributed by atoms with E-state index in [1.165, 1.54) is 30.8 Å². The van der Waals surface area contributed by atoms with Gasteiger partial charge in [-0.15, -0.1) is 0 Å². The Morgan fingerprint density at radius 1 is 1.12 bits per heavy atom. The van der Waals surface area contributed by atoms with E-state index in [4.69, 9.17) is 9.47 Å². The topological polar surface area (TPSA) is 149 Å². The minimum Gasteiger partial charge on any atom is -0.497 e. The number of hydrogen-bond acceptors (Lipinski definition) is 7. The summed E-state index contributed by atoms with van der Waals surface area (Å²) in [4.78, 5) is 24.4. The number of nitrogens with one attached hydrogen (secondary N) is 2. The van der Waals surface area contributed by atoms with Gasteiger partial charge in [-0.25, -0.2) is 17.9 Å². The summed E-state index contributed by atoms with van der Waals surface area (Å²) in [7, 11) is -2.55. The summed E-state index contributed by atoms with van der Waals surface area (Å²) in [6.45, 7) is 5.48. The molecule has 0 aliphatic heterocycles. The van der Waals surface area contributed by atoms with Crippen LogP contribution >= 0.6 is 0 Å². The number of rotatable bonds is 11. The predicted octanol–water partition coefficient (Wildman–Crippen LogP) is 4.74. The molecular formula is C28H34N4O7S. The molecule has 2 aromatic carbocycles. The zero-order chi connectivity index (χ0) is 29.0. The number of nitrogens with zero attached hydrogens (tertiary/aromatic N) is 2. The number of sulfonamides is 1. The van der Waals surface area contributed by atoms with Crippen molar-refractivity contribution in [2.45, 2.75) is 51.3 Å². The Balaban J connectivity index is 1.77. The molecule has 0 spiro atoms. The zero-order valence-corrected chi connectivity index (χ0v) is 23.7. The first kappa shape index (κ1) is 29.1. The van der Waals surface area contributed by atoms with Crippen molar-refractivity contribution in [3.63, 3.8) is 0 Å². The van der Waals surface area contributed by atoms with Crippen LogP contribution in [0.25, 0.3) is 5.69 Å². The van der Waals surface area contributed by atoms with E-state index < -0.39 is 16.0 Å². The monoisotopic (exact) mass is 570 g/mol. The summed E-state index contributed by atoms with van der Waals surface area (Å²) >= 11 is 0. The average Bonchev–Trinajstić information content (AvgIpc) is 3.57. The highest BCUT2D eigenvalue weighted by Gasteiger charge is 2.28. The third kappa shape index (κ3) is 6.45. The van der Waals surface area contributed by atoms with E-state index in [2.05, 4.69) is 15.1 Å². The van der Waals surface area contributed by atoms with Crippen LogP contribution in [0.3, 0.4) is 0 Å². The molecular weight excluding hydrogens is 536 g/mol. The molecule has 214 valence electrons. The summed E-state index contributed by atoms with van der Waals surface area (Å²) < 4.78 is 42.1. The first-order valence-electron chi connectivity index (χ1n) is 13.1. The van der Waals surface area contributed by atoms with Gasteiger partial charge in [0.25, 0.3) is 0 Å². The number of amides is 1. The molecule has 0 bridgehead atoms. The van der Waals surface area contributed by atoms with Gasteiger partial charge in [-0.1, -0.05) is 26.7 Å². The number of aromatic nitrogens is 2. The first-order chi connectivity index (χ1) is 19.0. The highest BCUT2D eigenvalue weighted by molar-refractivity contribution is 7.89. The lowest BCUT2D eigenvalue weighted by Gasteiger charge is -2.17. The van der Waals surface area contributed by atoms with Crippen molar-refractivity contribution in [2.24, 2.45) is 11.8 Å². The Morgan fingerprint density at radius 3 is 2.40 bits per heavy atom. The standard InChI is InChI=1S/C28H34N4O7S/c1-17(2)16-29-40(36,37)24-15-20(30-26(33)19-7-5-6-8-19)9-14-23(24)39-27-18(3)25(28(34)35)31-32(27)21-10-12-22(38-4)13-11-21/h9-15,17,19,29H,5-8,16H2,1-4H3,(H,30,33)(H,34,35). The van der Waals surface area contributed by atoms with Gasteiger partial charge in [-0.3, -0.25) is 4.79 Å². The van der Waals surface area contributed by atoms with Crippen LogP contribution in [0.15, 0.2) is 47.4 Å². The Hall–Kier alpha value is -3.90. The molecule has 0 saturated heterocycles. The maximum absolute atomic E-state index is 13.4. The Kier molecular flexibility index (Phi) is 8.79. The second-order valence-electron chi connectivity index (χ2n) is 10.2. The Morgan fingerprint density at radius 2 is 1.80 bits per heavy atom. The fraction of sp³-hybridized carbons (Fsp3) is 0.393. The molecule has 1 amide bonds. The molecule has 1 fully saturated rings. The van der Waals surface area contributed by atoms with Gasteiger partial charge >= 0.3 is 5.97 Å². The molecule has 0 atom stereocenters. The average molecular weight is 571 g/mol. The summed E-state index contributed by atoms with van der Waals surface area (Å²) in [6.07, 6.45) is 3.58. The molecule has 12 heteroatoms. The Labute approximate surface area is 233 Å². The minimum absolute atomic E-state index is 0.0330. The maximum Gasteiger partial charge on any atom is 0.356 e. The van der Waals surface area contributed by atoms with Crippen LogP contribution in [-0.4, -0.2) is 48.8 Å². The van der Waals surface area contributed by atoms with E-state index in [0.29, 0.717) is 17.1 Å². The predicted molar refractivity (Wildman–Crippen MR) is 149 cm³/mol. The fourth-order valence-corrected chi connectivity index (χ4v) is 5.84. The number of carbonyl (C=O) groups excluding carboxylic acids is 1. The maximum atomic E-state index is 13.4.